The van der Waals surface area contributed by atoms with Crippen LogP contribution in [0.1, 0.15) is 80.1 Å². The molecule has 2 heteroatoms. The molecule has 1 aliphatic carbocycles. The normalized spacial score (nSPS) is 25.7. The topological polar surface area (TPSA) is 34.1 Å². The highest BCUT2D eigenvalue weighted by atomic mass is 16.1. The van der Waals surface area contributed by atoms with E-state index in [1.807, 2.05) is 41.5 Å². The molecule has 116 valence electrons. The Bertz CT molecular complexity index is 319. The molecule has 0 amide bonds. The van der Waals surface area contributed by atoms with Crippen molar-refractivity contribution < 1.29 is 9.59 Å². The second kappa shape index (κ2) is 6.41. The second-order valence-electron chi connectivity index (χ2n) is 8.48. The fourth-order valence-corrected chi connectivity index (χ4v) is 3.22. The summed E-state index contributed by atoms with van der Waals surface area (Å²) in [4.78, 5) is 24.9. The molecule has 0 spiro atoms. The Morgan fingerprint density at radius 1 is 0.650 bits per heavy atom. The molecule has 1 fully saturated rings. The van der Waals surface area contributed by atoms with E-state index in [-0.39, 0.29) is 22.7 Å². The maximum absolute atomic E-state index is 12.5. The molecule has 1 aliphatic rings. The number of hydrogen-bond acceptors (Lipinski definition) is 2. The van der Waals surface area contributed by atoms with Crippen molar-refractivity contribution in [3.05, 3.63) is 0 Å². The largest absolute Gasteiger partial charge is 0.299 e. The van der Waals surface area contributed by atoms with Gasteiger partial charge in [-0.05, 0) is 25.7 Å². The quantitative estimate of drug-likeness (QED) is 0.728. The van der Waals surface area contributed by atoms with Crippen molar-refractivity contribution >= 4 is 11.6 Å². The molecule has 1 rings (SSSR count). The van der Waals surface area contributed by atoms with E-state index >= 15 is 0 Å². The molecule has 2 unspecified atom stereocenters. The Balaban J connectivity index is 2.72. The first-order valence-corrected chi connectivity index (χ1v) is 8.12. The van der Waals surface area contributed by atoms with Gasteiger partial charge in [0, 0.05) is 22.7 Å². The van der Waals surface area contributed by atoms with Crippen LogP contribution in [0.4, 0.5) is 0 Å². The molecule has 0 aromatic rings. The predicted molar refractivity (Wildman–Crippen MR) is 83.6 cm³/mol. The summed E-state index contributed by atoms with van der Waals surface area (Å²) in [6.07, 6.45) is 5.96. The van der Waals surface area contributed by atoms with Crippen LogP contribution in [0.2, 0.25) is 0 Å². The summed E-state index contributed by atoms with van der Waals surface area (Å²) >= 11 is 0. The molecule has 1 saturated carbocycles. The molecule has 0 aromatic carbocycles. The number of hydrogen-bond donors (Lipinski definition) is 0. The van der Waals surface area contributed by atoms with E-state index in [1.165, 1.54) is 0 Å². The Morgan fingerprint density at radius 3 is 1.20 bits per heavy atom. The standard InChI is InChI=1S/C18H32O2/c1-17(2,3)15(19)13-9-7-8-10-14(12-11-13)16(20)18(4,5)6/h13-14H,7-12H2,1-6H3. The van der Waals surface area contributed by atoms with Crippen LogP contribution in [0.15, 0.2) is 0 Å². The molecule has 0 N–H and O–H groups in total. The van der Waals surface area contributed by atoms with E-state index in [9.17, 15) is 9.59 Å². The molecular formula is C18H32O2. The van der Waals surface area contributed by atoms with Gasteiger partial charge in [-0.1, -0.05) is 54.4 Å². The lowest BCUT2D eigenvalue weighted by Crippen LogP contribution is -2.33. The van der Waals surface area contributed by atoms with Crippen LogP contribution in [-0.2, 0) is 9.59 Å². The van der Waals surface area contributed by atoms with Gasteiger partial charge in [0.15, 0.2) is 0 Å². The summed E-state index contributed by atoms with van der Waals surface area (Å²) in [5, 5.41) is 0. The van der Waals surface area contributed by atoms with Gasteiger partial charge in [-0.15, -0.1) is 0 Å². The Morgan fingerprint density at radius 2 is 0.950 bits per heavy atom. The fourth-order valence-electron chi connectivity index (χ4n) is 3.22. The smallest absolute Gasteiger partial charge is 0.141 e. The maximum atomic E-state index is 12.5. The first-order chi connectivity index (χ1) is 9.03. The van der Waals surface area contributed by atoms with E-state index in [0.29, 0.717) is 11.6 Å². The Labute approximate surface area is 124 Å². The van der Waals surface area contributed by atoms with E-state index in [4.69, 9.17) is 0 Å². The van der Waals surface area contributed by atoms with Crippen molar-refractivity contribution in [2.24, 2.45) is 22.7 Å². The minimum atomic E-state index is -0.257. The molecule has 0 aliphatic heterocycles. The van der Waals surface area contributed by atoms with Gasteiger partial charge in [-0.2, -0.15) is 0 Å². The summed E-state index contributed by atoms with van der Waals surface area (Å²) in [6.45, 7) is 12.0. The highest BCUT2D eigenvalue weighted by Gasteiger charge is 2.34. The van der Waals surface area contributed by atoms with Gasteiger partial charge in [0.2, 0.25) is 0 Å². The zero-order chi connectivity index (χ0) is 15.6. The van der Waals surface area contributed by atoms with Gasteiger partial charge >= 0.3 is 0 Å². The summed E-state index contributed by atoms with van der Waals surface area (Å²) in [7, 11) is 0. The minimum Gasteiger partial charge on any atom is -0.299 e. The number of Topliss-reactive ketones (excluding diaryl/α,β-unsaturated/α-hetero) is 2. The third-order valence-corrected chi connectivity index (χ3v) is 4.44. The predicted octanol–water partition coefficient (Wildman–Crippen LogP) is 4.80. The second-order valence-corrected chi connectivity index (χ2v) is 8.48. The van der Waals surface area contributed by atoms with Gasteiger partial charge in [-0.3, -0.25) is 9.59 Å². The number of ketones is 2. The van der Waals surface area contributed by atoms with Gasteiger partial charge in [0.05, 0.1) is 0 Å². The van der Waals surface area contributed by atoms with Crippen molar-refractivity contribution in [3.63, 3.8) is 0 Å². The van der Waals surface area contributed by atoms with E-state index in [1.54, 1.807) is 0 Å². The average molecular weight is 280 g/mol. The molecule has 2 atom stereocenters. The van der Waals surface area contributed by atoms with Crippen molar-refractivity contribution in [1.82, 2.24) is 0 Å². The van der Waals surface area contributed by atoms with Crippen LogP contribution in [-0.4, -0.2) is 11.6 Å². The maximum Gasteiger partial charge on any atom is 0.141 e. The minimum absolute atomic E-state index is 0.158. The van der Waals surface area contributed by atoms with Gasteiger partial charge in [0.1, 0.15) is 11.6 Å². The third kappa shape index (κ3) is 4.71. The molecule has 20 heavy (non-hydrogen) atoms. The summed E-state index contributed by atoms with van der Waals surface area (Å²) in [5.74, 6) is 1.07. The molecular weight excluding hydrogens is 248 g/mol. The number of carbonyl (C=O) groups is 2. The van der Waals surface area contributed by atoms with Crippen molar-refractivity contribution in [2.75, 3.05) is 0 Å². The molecule has 0 bridgehead atoms. The number of carbonyl (C=O) groups excluding carboxylic acids is 2. The molecule has 2 nitrogen and oxygen atoms in total. The van der Waals surface area contributed by atoms with Crippen LogP contribution < -0.4 is 0 Å². The number of rotatable bonds is 2. The van der Waals surface area contributed by atoms with Crippen molar-refractivity contribution in [1.29, 1.82) is 0 Å². The zero-order valence-electron chi connectivity index (χ0n) is 14.2. The van der Waals surface area contributed by atoms with Gasteiger partial charge < -0.3 is 0 Å². The molecule has 0 saturated heterocycles. The van der Waals surface area contributed by atoms with E-state index in [2.05, 4.69) is 0 Å². The van der Waals surface area contributed by atoms with Crippen LogP contribution in [0, 0.1) is 22.7 Å². The van der Waals surface area contributed by atoms with E-state index < -0.39 is 0 Å². The van der Waals surface area contributed by atoms with Crippen LogP contribution in [0.25, 0.3) is 0 Å². The zero-order valence-corrected chi connectivity index (χ0v) is 14.2. The van der Waals surface area contributed by atoms with Gasteiger partial charge in [0.25, 0.3) is 0 Å². The van der Waals surface area contributed by atoms with Crippen LogP contribution in [0.3, 0.4) is 0 Å². The lowest BCUT2D eigenvalue weighted by molar-refractivity contribution is -0.134. The average Bonchev–Trinajstić information content (AvgIpc) is 2.25. The SMILES string of the molecule is CC(C)(C)C(=O)C1CCCCC(C(=O)C(C)(C)C)CC1. The Hall–Kier alpha value is -0.660. The van der Waals surface area contributed by atoms with E-state index in [0.717, 1.165) is 38.5 Å². The Kier molecular flexibility index (Phi) is 5.57. The lowest BCUT2D eigenvalue weighted by atomic mass is 9.73. The summed E-state index contributed by atoms with van der Waals surface area (Å²) < 4.78 is 0. The molecule has 0 radical (unpaired) electrons. The first kappa shape index (κ1) is 17.4. The van der Waals surface area contributed by atoms with Gasteiger partial charge in [-0.25, -0.2) is 0 Å². The highest BCUT2D eigenvalue weighted by molar-refractivity contribution is 5.87. The fraction of sp³-hybridized carbons (Fsp3) is 0.889. The molecule has 0 aromatic heterocycles. The third-order valence-electron chi connectivity index (χ3n) is 4.44. The molecule has 0 heterocycles. The summed E-state index contributed by atoms with van der Waals surface area (Å²) in [5.41, 5.74) is -0.513. The lowest BCUT2D eigenvalue weighted by Gasteiger charge is -2.30. The van der Waals surface area contributed by atoms with Crippen LogP contribution in [0.5, 0.6) is 0 Å². The monoisotopic (exact) mass is 280 g/mol. The highest BCUT2D eigenvalue weighted by Crippen LogP contribution is 2.34. The van der Waals surface area contributed by atoms with Crippen molar-refractivity contribution in [3.8, 4) is 0 Å². The summed E-state index contributed by atoms with van der Waals surface area (Å²) in [6, 6.07) is 0. The van der Waals surface area contributed by atoms with Crippen molar-refractivity contribution in [2.45, 2.75) is 80.1 Å². The van der Waals surface area contributed by atoms with Crippen LogP contribution >= 0.6 is 0 Å². The first-order valence-electron chi connectivity index (χ1n) is 8.12.